The first-order valence-electron chi connectivity index (χ1n) is 9.95. The van der Waals surface area contributed by atoms with E-state index in [-0.39, 0.29) is 40.9 Å². The predicted octanol–water partition coefficient (Wildman–Crippen LogP) is 3.80. The van der Waals surface area contributed by atoms with Gasteiger partial charge >= 0.3 is 0 Å². The minimum absolute atomic E-state index is 0.00882. The molecule has 0 aliphatic carbocycles. The Kier molecular flexibility index (Phi) is 6.58. The Bertz CT molecular complexity index is 1410. The Morgan fingerprint density at radius 3 is 2.57 bits per heavy atom. The highest BCUT2D eigenvalue weighted by atomic mass is 35.5. The fourth-order valence-corrected chi connectivity index (χ4v) is 4.06. The van der Waals surface area contributed by atoms with Crippen molar-refractivity contribution < 1.29 is 19.2 Å². The number of nitrogens with one attached hydrogen (secondary N) is 4. The molecular formula is C21H16Cl2N6O6. The maximum absolute atomic E-state index is 13.1. The van der Waals surface area contributed by atoms with Gasteiger partial charge in [-0.15, -0.1) is 0 Å². The molecule has 3 aromatic rings. The highest BCUT2D eigenvalue weighted by Crippen LogP contribution is 2.33. The summed E-state index contributed by atoms with van der Waals surface area (Å²) in [6.07, 6.45) is -0.310. The van der Waals surface area contributed by atoms with E-state index in [4.69, 9.17) is 27.9 Å². The summed E-state index contributed by atoms with van der Waals surface area (Å²) in [5.74, 6) is -2.45. The van der Waals surface area contributed by atoms with Gasteiger partial charge in [-0.05, 0) is 24.3 Å². The normalized spacial score (nSPS) is 14.5. The van der Waals surface area contributed by atoms with Crippen LogP contribution in [-0.4, -0.2) is 33.8 Å². The molecule has 1 aliphatic heterocycles. The third-order valence-electron chi connectivity index (χ3n) is 5.05. The molecule has 0 radical (unpaired) electrons. The van der Waals surface area contributed by atoms with Gasteiger partial charge in [0.1, 0.15) is 11.6 Å². The van der Waals surface area contributed by atoms with Gasteiger partial charge in [0.05, 0.1) is 35.3 Å². The molecular weight excluding hydrogens is 503 g/mol. The zero-order chi connectivity index (χ0) is 25.3. The van der Waals surface area contributed by atoms with Crippen LogP contribution < -0.4 is 26.2 Å². The van der Waals surface area contributed by atoms with Crippen molar-refractivity contribution in [3.8, 4) is 5.75 Å². The Hall–Kier alpha value is -4.16. The van der Waals surface area contributed by atoms with Crippen molar-refractivity contribution in [2.45, 2.75) is 12.3 Å². The van der Waals surface area contributed by atoms with E-state index in [1.54, 1.807) is 12.1 Å². The van der Waals surface area contributed by atoms with Crippen molar-refractivity contribution in [1.29, 1.82) is 0 Å². The summed E-state index contributed by atoms with van der Waals surface area (Å²) in [7, 11) is 1.29. The first-order chi connectivity index (χ1) is 16.6. The number of H-pyrrole nitrogens is 1. The van der Waals surface area contributed by atoms with Crippen molar-refractivity contribution >= 4 is 63.8 Å². The number of anilines is 4. The van der Waals surface area contributed by atoms with Crippen LogP contribution in [0, 0.1) is 10.1 Å². The second-order valence-electron chi connectivity index (χ2n) is 7.40. The van der Waals surface area contributed by atoms with Gasteiger partial charge in [0, 0.05) is 28.2 Å². The van der Waals surface area contributed by atoms with Crippen LogP contribution in [0.1, 0.15) is 17.9 Å². The van der Waals surface area contributed by atoms with Crippen LogP contribution in [0.25, 0.3) is 0 Å². The van der Waals surface area contributed by atoms with Gasteiger partial charge in [-0.1, -0.05) is 23.2 Å². The van der Waals surface area contributed by atoms with Crippen molar-refractivity contribution in [3.05, 3.63) is 72.5 Å². The van der Waals surface area contributed by atoms with Gasteiger partial charge in [0.25, 0.3) is 11.2 Å². The van der Waals surface area contributed by atoms with E-state index < -0.39 is 28.2 Å². The number of non-ortho nitro benzene ring substituents is 1. The lowest BCUT2D eigenvalue weighted by Crippen LogP contribution is -2.36. The number of halogens is 2. The summed E-state index contributed by atoms with van der Waals surface area (Å²) >= 11 is 12.0. The average Bonchev–Trinajstić information content (AvgIpc) is 2.77. The zero-order valence-electron chi connectivity index (χ0n) is 17.8. The molecule has 0 unspecified atom stereocenters. The number of methoxy groups -OCH3 is 1. The largest absolute Gasteiger partial charge is 0.494 e. The molecule has 12 nitrogen and oxygen atoms in total. The Balaban J connectivity index is 1.64. The summed E-state index contributed by atoms with van der Waals surface area (Å²) in [5.41, 5.74) is -0.355. The van der Waals surface area contributed by atoms with Crippen LogP contribution in [-0.2, 0) is 9.59 Å². The molecule has 2 amide bonds. The van der Waals surface area contributed by atoms with Crippen LogP contribution >= 0.6 is 23.2 Å². The van der Waals surface area contributed by atoms with Crippen molar-refractivity contribution in [1.82, 2.24) is 9.97 Å². The van der Waals surface area contributed by atoms with Gasteiger partial charge in [-0.3, -0.25) is 29.5 Å². The maximum Gasteiger partial charge on any atom is 0.273 e. The highest BCUT2D eigenvalue weighted by molar-refractivity contribution is 6.35. The number of hydrogen-bond acceptors (Lipinski definition) is 8. The summed E-state index contributed by atoms with van der Waals surface area (Å²) in [4.78, 5) is 55.4. The monoisotopic (exact) mass is 518 g/mol. The Morgan fingerprint density at radius 1 is 1.20 bits per heavy atom. The van der Waals surface area contributed by atoms with E-state index >= 15 is 0 Å². The SMILES string of the molecule is COc1cc([N+](=O)[O-])ccc1NC(=O)[C@H]1CC(=O)Nc2nc(Nc3cc(Cl)cc(Cl)c3)[nH]c(=O)c21. The lowest BCUT2D eigenvalue weighted by Gasteiger charge is -2.24. The van der Waals surface area contributed by atoms with Crippen molar-refractivity contribution in [2.24, 2.45) is 0 Å². The summed E-state index contributed by atoms with van der Waals surface area (Å²) in [6.45, 7) is 0. The van der Waals surface area contributed by atoms with Crippen LogP contribution in [0.15, 0.2) is 41.2 Å². The molecule has 180 valence electrons. The molecule has 2 heterocycles. The molecule has 14 heteroatoms. The summed E-state index contributed by atoms with van der Waals surface area (Å²) in [6, 6.07) is 8.27. The molecule has 1 atom stereocenters. The standard InChI is InChI=1S/C21H16Cl2N6O6/c1-35-15-7-12(29(33)34)2-3-14(15)25-19(31)13-8-16(30)26-18-17(13)20(32)28-21(27-18)24-11-5-9(22)4-10(23)6-11/h2-7,13H,8H2,1H3,(H,25,31)(H3,24,26,27,28,30,32)/t13-/m0/s1. The van der Waals surface area contributed by atoms with Crippen LogP contribution in [0.4, 0.5) is 28.8 Å². The number of aromatic amines is 1. The van der Waals surface area contributed by atoms with Gasteiger partial charge in [0.15, 0.2) is 0 Å². The minimum atomic E-state index is -1.18. The fraction of sp³-hybridized carbons (Fsp3) is 0.143. The first kappa shape index (κ1) is 24.0. The number of carbonyl (C=O) groups excluding carboxylic acids is 2. The number of aromatic nitrogens is 2. The van der Waals surface area contributed by atoms with E-state index in [1.165, 1.54) is 25.3 Å². The molecule has 0 saturated carbocycles. The molecule has 0 spiro atoms. The van der Waals surface area contributed by atoms with Crippen molar-refractivity contribution in [2.75, 3.05) is 23.1 Å². The van der Waals surface area contributed by atoms with E-state index in [9.17, 15) is 24.5 Å². The quantitative estimate of drug-likeness (QED) is 0.282. The number of benzene rings is 2. The number of nitro groups is 1. The Morgan fingerprint density at radius 2 is 1.91 bits per heavy atom. The van der Waals surface area contributed by atoms with Crippen LogP contribution in [0.5, 0.6) is 5.75 Å². The summed E-state index contributed by atoms with van der Waals surface area (Å²) < 4.78 is 5.12. The van der Waals surface area contributed by atoms with Gasteiger partial charge in [-0.25, -0.2) is 0 Å². The number of hydrogen-bond donors (Lipinski definition) is 4. The number of rotatable bonds is 6. The van der Waals surface area contributed by atoms with Crippen molar-refractivity contribution in [3.63, 3.8) is 0 Å². The predicted molar refractivity (Wildman–Crippen MR) is 129 cm³/mol. The number of carbonyl (C=O) groups is 2. The van der Waals surface area contributed by atoms with E-state index in [0.717, 1.165) is 6.07 Å². The second-order valence-corrected chi connectivity index (χ2v) is 8.27. The molecule has 0 fully saturated rings. The van der Waals surface area contributed by atoms with Gasteiger partial charge in [-0.2, -0.15) is 4.98 Å². The maximum atomic E-state index is 13.1. The summed E-state index contributed by atoms with van der Waals surface area (Å²) in [5, 5.41) is 19.6. The lowest BCUT2D eigenvalue weighted by molar-refractivity contribution is -0.384. The first-order valence-corrected chi connectivity index (χ1v) is 10.7. The molecule has 4 N–H and O–H groups in total. The van der Waals surface area contributed by atoms with E-state index in [1.807, 2.05) is 0 Å². The molecule has 2 aromatic carbocycles. The van der Waals surface area contributed by atoms with Crippen LogP contribution in [0.3, 0.4) is 0 Å². The smallest absolute Gasteiger partial charge is 0.273 e. The van der Waals surface area contributed by atoms with Gasteiger partial charge < -0.3 is 20.7 Å². The minimum Gasteiger partial charge on any atom is -0.494 e. The third-order valence-corrected chi connectivity index (χ3v) is 5.48. The number of nitro benzene ring substituents is 1. The average molecular weight is 519 g/mol. The topological polar surface area (TPSA) is 168 Å². The molecule has 4 rings (SSSR count). The molecule has 0 bridgehead atoms. The number of nitrogens with zero attached hydrogens (tertiary/aromatic N) is 2. The number of fused-ring (bicyclic) bond motifs is 1. The molecule has 0 saturated heterocycles. The van der Waals surface area contributed by atoms with Gasteiger partial charge in [0.2, 0.25) is 17.8 Å². The van der Waals surface area contributed by atoms with Crippen LogP contribution in [0.2, 0.25) is 10.0 Å². The zero-order valence-corrected chi connectivity index (χ0v) is 19.4. The highest BCUT2D eigenvalue weighted by Gasteiger charge is 2.35. The molecule has 1 aromatic heterocycles. The third kappa shape index (κ3) is 5.18. The Labute approximate surface area is 206 Å². The lowest BCUT2D eigenvalue weighted by atomic mass is 9.92. The number of amides is 2. The van der Waals surface area contributed by atoms with E-state index in [2.05, 4.69) is 25.9 Å². The van der Waals surface area contributed by atoms with E-state index in [0.29, 0.717) is 15.7 Å². The fourth-order valence-electron chi connectivity index (χ4n) is 3.53. The molecule has 1 aliphatic rings. The molecule has 35 heavy (non-hydrogen) atoms. The second kappa shape index (κ2) is 9.60. The number of ether oxygens (including phenoxy) is 1.